The highest BCUT2D eigenvalue weighted by Gasteiger charge is 2.08. The normalized spacial score (nSPS) is 10.6. The molecular weight excluding hydrogens is 480 g/mol. The fraction of sp³-hybridized carbons (Fsp3) is 0.364. The minimum Gasteiger partial charge on any atom is -0.405 e. The number of aryl methyl sites for hydroxylation is 2. The van der Waals surface area contributed by atoms with Crippen LogP contribution in [0, 0.1) is 18.3 Å². The molecule has 2 aromatic carbocycles. The van der Waals surface area contributed by atoms with E-state index in [0.29, 0.717) is 6.42 Å². The van der Waals surface area contributed by atoms with Gasteiger partial charge in [-0.3, -0.25) is 4.98 Å². The maximum Gasteiger partial charge on any atom is 0.134 e. The molecule has 2 heterocycles. The van der Waals surface area contributed by atoms with Crippen molar-refractivity contribution in [1.82, 2.24) is 15.3 Å². The molecule has 39 heavy (non-hydrogen) atoms. The second kappa shape index (κ2) is 16.1. The van der Waals surface area contributed by atoms with E-state index in [9.17, 15) is 0 Å². The van der Waals surface area contributed by atoms with Crippen molar-refractivity contribution in [2.75, 3.05) is 18.4 Å². The summed E-state index contributed by atoms with van der Waals surface area (Å²) in [6.07, 6.45) is 12.6. The van der Waals surface area contributed by atoms with Crippen LogP contribution in [0.4, 0.5) is 5.82 Å². The van der Waals surface area contributed by atoms with E-state index in [1.807, 2.05) is 12.4 Å². The van der Waals surface area contributed by atoms with Crippen LogP contribution < -0.4 is 16.4 Å². The molecule has 0 unspecified atom stereocenters. The minimum absolute atomic E-state index is 0.486. The van der Waals surface area contributed by atoms with Gasteiger partial charge in [-0.25, -0.2) is 4.98 Å². The maximum atomic E-state index is 9.00. The van der Waals surface area contributed by atoms with Crippen LogP contribution in [0.5, 0.6) is 0 Å². The molecule has 6 nitrogen and oxygen atoms in total. The Morgan fingerprint density at radius 2 is 1.64 bits per heavy atom. The summed E-state index contributed by atoms with van der Waals surface area (Å²) >= 11 is 0. The van der Waals surface area contributed by atoms with Crippen molar-refractivity contribution in [3.63, 3.8) is 0 Å². The Morgan fingerprint density at radius 3 is 2.41 bits per heavy atom. The molecule has 2 aromatic heterocycles. The van der Waals surface area contributed by atoms with Gasteiger partial charge in [-0.2, -0.15) is 5.26 Å². The smallest absolute Gasteiger partial charge is 0.134 e. The monoisotopic (exact) mass is 522 g/mol. The SMILES string of the molecule is C=CN.CCc1cc(CC#N)cc(CNCCCCCCCNc2nc3cc(C)ccc3c3cnccc23)c1. The van der Waals surface area contributed by atoms with E-state index < -0.39 is 0 Å². The lowest BCUT2D eigenvalue weighted by atomic mass is 10.0. The summed E-state index contributed by atoms with van der Waals surface area (Å²) in [5, 5.41) is 19.6. The second-order valence-corrected chi connectivity index (χ2v) is 9.86. The molecule has 0 atom stereocenters. The van der Waals surface area contributed by atoms with Gasteiger partial charge in [0.2, 0.25) is 0 Å². The van der Waals surface area contributed by atoms with E-state index in [-0.39, 0.29) is 0 Å². The Labute approximate surface area is 233 Å². The van der Waals surface area contributed by atoms with Gasteiger partial charge in [0.15, 0.2) is 0 Å². The van der Waals surface area contributed by atoms with Gasteiger partial charge < -0.3 is 16.4 Å². The molecule has 0 fully saturated rings. The first-order chi connectivity index (χ1) is 19.1. The summed E-state index contributed by atoms with van der Waals surface area (Å²) in [4.78, 5) is 9.26. The number of nitrogens with zero attached hydrogens (tertiary/aromatic N) is 3. The van der Waals surface area contributed by atoms with Crippen molar-refractivity contribution in [2.24, 2.45) is 5.73 Å². The number of unbranched alkanes of at least 4 members (excludes halogenated alkanes) is 4. The highest BCUT2D eigenvalue weighted by Crippen LogP contribution is 2.29. The Morgan fingerprint density at radius 1 is 0.923 bits per heavy atom. The number of aromatic nitrogens is 2. The number of nitrogens with one attached hydrogen (secondary N) is 2. The Kier molecular flexibility index (Phi) is 12.2. The first kappa shape index (κ1) is 29.6. The zero-order chi connectivity index (χ0) is 27.9. The molecule has 0 aliphatic carbocycles. The van der Waals surface area contributed by atoms with Gasteiger partial charge in [-0.05, 0) is 73.3 Å². The Bertz CT molecular complexity index is 1390. The number of pyridine rings is 2. The second-order valence-electron chi connectivity index (χ2n) is 9.86. The third-order valence-corrected chi connectivity index (χ3v) is 6.71. The molecule has 0 amide bonds. The predicted molar refractivity (Wildman–Crippen MR) is 165 cm³/mol. The fourth-order valence-corrected chi connectivity index (χ4v) is 4.78. The number of fused-ring (bicyclic) bond motifs is 3. The molecule has 0 bridgehead atoms. The van der Waals surface area contributed by atoms with E-state index in [1.165, 1.54) is 48.6 Å². The molecule has 4 rings (SSSR count). The van der Waals surface area contributed by atoms with Crippen molar-refractivity contribution in [3.8, 4) is 6.07 Å². The highest BCUT2D eigenvalue weighted by atomic mass is 15.0. The van der Waals surface area contributed by atoms with Crippen molar-refractivity contribution in [3.05, 3.63) is 89.9 Å². The van der Waals surface area contributed by atoms with Crippen LogP contribution in [-0.2, 0) is 19.4 Å². The number of hydrogen-bond donors (Lipinski definition) is 3. The highest BCUT2D eigenvalue weighted by molar-refractivity contribution is 6.09. The first-order valence-corrected chi connectivity index (χ1v) is 14.0. The Balaban J connectivity index is 0.00000134. The summed E-state index contributed by atoms with van der Waals surface area (Å²) in [5.41, 5.74) is 10.6. The molecule has 0 saturated carbocycles. The van der Waals surface area contributed by atoms with Gasteiger partial charge in [-0.15, -0.1) is 0 Å². The third kappa shape index (κ3) is 9.08. The topological polar surface area (TPSA) is 99.7 Å². The van der Waals surface area contributed by atoms with Crippen LogP contribution >= 0.6 is 0 Å². The summed E-state index contributed by atoms with van der Waals surface area (Å²) in [5.74, 6) is 0.958. The van der Waals surface area contributed by atoms with E-state index in [4.69, 9.17) is 10.2 Å². The van der Waals surface area contributed by atoms with Crippen LogP contribution in [0.25, 0.3) is 21.7 Å². The number of benzene rings is 2. The van der Waals surface area contributed by atoms with E-state index >= 15 is 0 Å². The largest absolute Gasteiger partial charge is 0.405 e. The van der Waals surface area contributed by atoms with Crippen LogP contribution in [-0.4, -0.2) is 23.1 Å². The average molecular weight is 523 g/mol. The molecule has 204 valence electrons. The quantitative estimate of drug-likeness (QED) is 0.130. The van der Waals surface area contributed by atoms with Crippen LogP contribution in [0.3, 0.4) is 0 Å². The van der Waals surface area contributed by atoms with Crippen LogP contribution in [0.2, 0.25) is 0 Å². The minimum atomic E-state index is 0.486. The zero-order valence-electron chi connectivity index (χ0n) is 23.5. The van der Waals surface area contributed by atoms with Crippen molar-refractivity contribution in [2.45, 2.75) is 65.3 Å². The van der Waals surface area contributed by atoms with Crippen molar-refractivity contribution in [1.29, 1.82) is 5.26 Å². The number of nitrogens with two attached hydrogens (primary N) is 1. The summed E-state index contributed by atoms with van der Waals surface area (Å²) in [7, 11) is 0. The molecule has 4 N–H and O–H groups in total. The van der Waals surface area contributed by atoms with Crippen molar-refractivity contribution < 1.29 is 0 Å². The molecule has 0 spiro atoms. The lowest BCUT2D eigenvalue weighted by molar-refractivity contribution is 0.579. The summed E-state index contributed by atoms with van der Waals surface area (Å²) in [6.45, 7) is 10.2. The first-order valence-electron chi connectivity index (χ1n) is 14.0. The molecule has 0 aliphatic heterocycles. The summed E-state index contributed by atoms with van der Waals surface area (Å²) in [6, 6.07) is 17.3. The van der Waals surface area contributed by atoms with E-state index in [2.05, 4.69) is 90.3 Å². The lowest BCUT2D eigenvalue weighted by Gasteiger charge is -2.12. The number of nitriles is 1. The molecular formula is C33H42N6. The van der Waals surface area contributed by atoms with Gasteiger partial charge in [-0.1, -0.05) is 63.1 Å². The van der Waals surface area contributed by atoms with Crippen LogP contribution in [0.15, 0.2) is 67.6 Å². The average Bonchev–Trinajstić information content (AvgIpc) is 2.94. The standard InChI is InChI=1S/C31H37N5.C2H5N/c1-3-24-18-25(11-13-32)20-26(19-24)21-33-14-7-5-4-6-8-15-35-31-28-12-16-34-22-29(28)27-10-9-23(2)17-30(27)36-31;1-2-3/h9-10,12,16-20,22,33H,3-8,11,14-15,21H2,1-2H3,(H,35,36);2H,1,3H2. The van der Waals surface area contributed by atoms with Gasteiger partial charge in [0.1, 0.15) is 5.82 Å². The fourth-order valence-electron chi connectivity index (χ4n) is 4.78. The number of rotatable bonds is 13. The molecule has 0 radical (unpaired) electrons. The number of hydrogen-bond acceptors (Lipinski definition) is 6. The van der Waals surface area contributed by atoms with Crippen LogP contribution in [0.1, 0.15) is 61.3 Å². The van der Waals surface area contributed by atoms with Crippen molar-refractivity contribution >= 4 is 27.5 Å². The summed E-state index contributed by atoms with van der Waals surface area (Å²) < 4.78 is 0. The third-order valence-electron chi connectivity index (χ3n) is 6.71. The Hall–Kier alpha value is -3.95. The zero-order valence-corrected chi connectivity index (χ0v) is 23.5. The van der Waals surface area contributed by atoms with E-state index in [0.717, 1.165) is 65.5 Å². The molecule has 0 aliphatic rings. The maximum absolute atomic E-state index is 9.00. The van der Waals surface area contributed by atoms with E-state index in [1.54, 1.807) is 0 Å². The van der Waals surface area contributed by atoms with Gasteiger partial charge in [0, 0.05) is 41.6 Å². The van der Waals surface area contributed by atoms with Gasteiger partial charge in [0.25, 0.3) is 0 Å². The predicted octanol–water partition coefficient (Wildman–Crippen LogP) is 6.96. The molecule has 4 aromatic rings. The lowest BCUT2D eigenvalue weighted by Crippen LogP contribution is -2.15. The number of anilines is 1. The van der Waals surface area contributed by atoms with Gasteiger partial charge in [0.05, 0.1) is 18.0 Å². The van der Waals surface area contributed by atoms with Gasteiger partial charge >= 0.3 is 0 Å². The molecule has 6 heteroatoms. The molecule has 0 saturated heterocycles.